The molecular formula is C15H22N4O. The third-order valence-electron chi connectivity index (χ3n) is 4.43. The summed E-state index contributed by atoms with van der Waals surface area (Å²) in [6, 6.07) is 4.05. The normalized spacial score (nSPS) is 24.0. The second-order valence-corrected chi connectivity index (χ2v) is 5.73. The largest absolute Gasteiger partial charge is 0.383 e. The first-order chi connectivity index (χ1) is 9.75. The molecule has 20 heavy (non-hydrogen) atoms. The lowest BCUT2D eigenvalue weighted by Crippen LogP contribution is -2.41. The maximum absolute atomic E-state index is 12.5. The first-order valence-electron chi connectivity index (χ1n) is 7.49. The highest BCUT2D eigenvalue weighted by Gasteiger charge is 2.31. The quantitative estimate of drug-likeness (QED) is 0.884. The van der Waals surface area contributed by atoms with Crippen LogP contribution in [0.5, 0.6) is 0 Å². The van der Waals surface area contributed by atoms with Crippen LogP contribution in [0.3, 0.4) is 0 Å². The van der Waals surface area contributed by atoms with Crippen molar-refractivity contribution in [2.24, 2.45) is 0 Å². The third kappa shape index (κ3) is 2.63. The summed E-state index contributed by atoms with van der Waals surface area (Å²) in [6.45, 7) is 4.02. The van der Waals surface area contributed by atoms with E-state index in [4.69, 9.17) is 5.73 Å². The van der Waals surface area contributed by atoms with Crippen LogP contribution in [0.1, 0.15) is 36.0 Å². The van der Waals surface area contributed by atoms with Crippen molar-refractivity contribution >= 4 is 11.7 Å². The van der Waals surface area contributed by atoms with E-state index in [0.29, 0.717) is 17.4 Å². The lowest BCUT2D eigenvalue weighted by Gasteiger charge is -2.32. The van der Waals surface area contributed by atoms with Crippen molar-refractivity contribution in [3.8, 4) is 0 Å². The predicted molar refractivity (Wildman–Crippen MR) is 78.4 cm³/mol. The first kappa shape index (κ1) is 13.4. The van der Waals surface area contributed by atoms with Gasteiger partial charge in [-0.05, 0) is 44.5 Å². The highest BCUT2D eigenvalue weighted by atomic mass is 16.2. The van der Waals surface area contributed by atoms with Crippen LogP contribution in [0.2, 0.25) is 0 Å². The van der Waals surface area contributed by atoms with Crippen LogP contribution in [-0.4, -0.2) is 52.9 Å². The molecule has 0 aliphatic carbocycles. The van der Waals surface area contributed by atoms with Gasteiger partial charge in [0.25, 0.3) is 5.91 Å². The molecule has 5 nitrogen and oxygen atoms in total. The second-order valence-electron chi connectivity index (χ2n) is 5.73. The van der Waals surface area contributed by atoms with Gasteiger partial charge in [-0.2, -0.15) is 0 Å². The average molecular weight is 274 g/mol. The van der Waals surface area contributed by atoms with Gasteiger partial charge in [-0.1, -0.05) is 6.42 Å². The molecule has 3 rings (SSSR count). The Hall–Kier alpha value is -1.62. The molecule has 2 aliphatic rings. The molecule has 0 saturated carbocycles. The second kappa shape index (κ2) is 5.79. The third-order valence-corrected chi connectivity index (χ3v) is 4.43. The number of anilines is 1. The molecule has 0 aromatic carbocycles. The number of nitrogen functional groups attached to an aromatic ring is 1. The molecule has 2 aliphatic heterocycles. The van der Waals surface area contributed by atoms with Crippen LogP contribution >= 0.6 is 0 Å². The highest BCUT2D eigenvalue weighted by Crippen LogP contribution is 2.22. The van der Waals surface area contributed by atoms with Gasteiger partial charge in [0, 0.05) is 25.3 Å². The molecule has 1 unspecified atom stereocenters. The monoisotopic (exact) mass is 274 g/mol. The number of carbonyl (C=O) groups excluding carboxylic acids is 1. The molecule has 0 bridgehead atoms. The molecule has 1 aromatic heterocycles. The van der Waals surface area contributed by atoms with E-state index in [0.717, 1.165) is 19.5 Å². The fourth-order valence-electron chi connectivity index (χ4n) is 3.28. The van der Waals surface area contributed by atoms with Crippen LogP contribution in [0.4, 0.5) is 5.82 Å². The molecule has 2 saturated heterocycles. The van der Waals surface area contributed by atoms with Crippen molar-refractivity contribution in [2.75, 3.05) is 31.9 Å². The number of likely N-dealkylation sites (tertiary alicyclic amines) is 2. The van der Waals surface area contributed by atoms with Crippen LogP contribution in [0.15, 0.2) is 18.3 Å². The summed E-state index contributed by atoms with van der Waals surface area (Å²) in [6.07, 6.45) is 6.62. The van der Waals surface area contributed by atoms with Gasteiger partial charge in [0.15, 0.2) is 0 Å². The number of nitrogens with zero attached hydrogens (tertiary/aromatic N) is 3. The summed E-state index contributed by atoms with van der Waals surface area (Å²) < 4.78 is 0. The van der Waals surface area contributed by atoms with Crippen molar-refractivity contribution in [1.82, 2.24) is 14.8 Å². The molecule has 1 amide bonds. The predicted octanol–water partition coefficient (Wildman–Crippen LogP) is 1.36. The Morgan fingerprint density at radius 3 is 2.80 bits per heavy atom. The molecule has 1 aromatic rings. The van der Waals surface area contributed by atoms with E-state index in [1.54, 1.807) is 18.3 Å². The first-order valence-corrected chi connectivity index (χ1v) is 7.49. The summed E-state index contributed by atoms with van der Waals surface area (Å²) in [5.74, 6) is 0.356. The molecule has 1 atom stereocenters. The molecule has 2 fully saturated rings. The van der Waals surface area contributed by atoms with E-state index in [2.05, 4.69) is 9.88 Å². The zero-order valence-corrected chi connectivity index (χ0v) is 11.8. The minimum atomic E-state index is 0.0232. The van der Waals surface area contributed by atoms with Crippen molar-refractivity contribution in [3.63, 3.8) is 0 Å². The van der Waals surface area contributed by atoms with E-state index < -0.39 is 0 Å². The Kier molecular flexibility index (Phi) is 3.87. The molecule has 5 heteroatoms. The molecule has 0 radical (unpaired) electrons. The number of rotatable bonds is 2. The summed E-state index contributed by atoms with van der Waals surface area (Å²) in [5, 5.41) is 0. The standard InChI is InChI=1S/C15H22N4O/c16-14-13(5-4-7-17-14)15(20)19-10-6-12(11-19)18-8-2-1-3-9-18/h4-5,7,12H,1-3,6,8-11H2,(H2,16,17). The minimum Gasteiger partial charge on any atom is -0.383 e. The minimum absolute atomic E-state index is 0.0232. The van der Waals surface area contributed by atoms with E-state index >= 15 is 0 Å². The fraction of sp³-hybridized carbons (Fsp3) is 0.600. The smallest absolute Gasteiger partial charge is 0.257 e. The van der Waals surface area contributed by atoms with Crippen LogP contribution in [0, 0.1) is 0 Å². The summed E-state index contributed by atoms with van der Waals surface area (Å²) >= 11 is 0. The SMILES string of the molecule is Nc1ncccc1C(=O)N1CCC(N2CCCCC2)C1. The van der Waals surface area contributed by atoms with E-state index in [9.17, 15) is 4.79 Å². The van der Waals surface area contributed by atoms with Gasteiger partial charge in [0.2, 0.25) is 0 Å². The van der Waals surface area contributed by atoms with Gasteiger partial charge in [0.1, 0.15) is 5.82 Å². The van der Waals surface area contributed by atoms with Crippen molar-refractivity contribution < 1.29 is 4.79 Å². The van der Waals surface area contributed by atoms with E-state index in [1.165, 1.54) is 32.4 Å². The lowest BCUT2D eigenvalue weighted by molar-refractivity contribution is 0.0772. The summed E-state index contributed by atoms with van der Waals surface area (Å²) in [4.78, 5) is 21.0. The van der Waals surface area contributed by atoms with Gasteiger partial charge < -0.3 is 10.6 Å². The topological polar surface area (TPSA) is 62.5 Å². The van der Waals surface area contributed by atoms with E-state index in [-0.39, 0.29) is 5.91 Å². The van der Waals surface area contributed by atoms with Gasteiger partial charge in [-0.3, -0.25) is 9.69 Å². The Morgan fingerprint density at radius 2 is 2.05 bits per heavy atom. The molecule has 2 N–H and O–H groups in total. The molecular weight excluding hydrogens is 252 g/mol. The molecule has 0 spiro atoms. The van der Waals surface area contributed by atoms with Crippen molar-refractivity contribution in [2.45, 2.75) is 31.7 Å². The van der Waals surface area contributed by atoms with Gasteiger partial charge >= 0.3 is 0 Å². The Balaban J connectivity index is 1.65. The lowest BCUT2D eigenvalue weighted by atomic mass is 10.1. The number of carbonyl (C=O) groups is 1. The Bertz CT molecular complexity index is 485. The maximum atomic E-state index is 12.5. The fourth-order valence-corrected chi connectivity index (χ4v) is 3.28. The number of piperidine rings is 1. The number of pyridine rings is 1. The zero-order valence-electron chi connectivity index (χ0n) is 11.8. The van der Waals surface area contributed by atoms with Crippen molar-refractivity contribution in [1.29, 1.82) is 0 Å². The zero-order chi connectivity index (χ0) is 13.9. The number of hydrogen-bond donors (Lipinski definition) is 1. The number of nitrogens with two attached hydrogens (primary N) is 1. The summed E-state index contributed by atoms with van der Waals surface area (Å²) in [7, 11) is 0. The van der Waals surface area contributed by atoms with Crippen LogP contribution in [-0.2, 0) is 0 Å². The Labute approximate surface area is 119 Å². The number of hydrogen-bond acceptors (Lipinski definition) is 4. The average Bonchev–Trinajstić information content (AvgIpc) is 2.98. The van der Waals surface area contributed by atoms with Crippen LogP contribution in [0.25, 0.3) is 0 Å². The maximum Gasteiger partial charge on any atom is 0.257 e. The Morgan fingerprint density at radius 1 is 1.25 bits per heavy atom. The van der Waals surface area contributed by atoms with Crippen LogP contribution < -0.4 is 5.73 Å². The molecule has 3 heterocycles. The van der Waals surface area contributed by atoms with E-state index in [1.807, 2.05) is 4.90 Å². The van der Waals surface area contributed by atoms with Gasteiger partial charge in [-0.15, -0.1) is 0 Å². The number of amides is 1. The molecule has 108 valence electrons. The highest BCUT2D eigenvalue weighted by molar-refractivity contribution is 5.98. The summed E-state index contributed by atoms with van der Waals surface area (Å²) in [5.41, 5.74) is 6.33. The number of aromatic nitrogens is 1. The van der Waals surface area contributed by atoms with Gasteiger partial charge in [0.05, 0.1) is 5.56 Å². The van der Waals surface area contributed by atoms with Gasteiger partial charge in [-0.25, -0.2) is 4.98 Å². The van der Waals surface area contributed by atoms with Crippen molar-refractivity contribution in [3.05, 3.63) is 23.9 Å².